The molecular formula is C10H17NO2. The van der Waals surface area contributed by atoms with Crippen LogP contribution in [0, 0.1) is 0 Å². The molecule has 1 amide bonds. The van der Waals surface area contributed by atoms with E-state index in [-0.39, 0.29) is 18.1 Å². The SMILES string of the molecule is C=C(C)C(=O)NC1CCC(O)CC1. The summed E-state index contributed by atoms with van der Waals surface area (Å²) in [6, 6.07) is 0.229. The van der Waals surface area contributed by atoms with Crippen LogP contribution in [0.15, 0.2) is 12.2 Å². The minimum absolute atomic E-state index is 0.0682. The molecule has 0 aliphatic heterocycles. The molecule has 0 aromatic carbocycles. The molecule has 2 N–H and O–H groups in total. The lowest BCUT2D eigenvalue weighted by molar-refractivity contribution is -0.118. The zero-order chi connectivity index (χ0) is 9.84. The molecule has 0 aromatic heterocycles. The van der Waals surface area contributed by atoms with Crippen molar-refractivity contribution in [3.63, 3.8) is 0 Å². The lowest BCUT2D eigenvalue weighted by Crippen LogP contribution is -2.38. The van der Waals surface area contributed by atoms with Crippen molar-refractivity contribution in [2.75, 3.05) is 0 Å². The lowest BCUT2D eigenvalue weighted by atomic mass is 9.93. The largest absolute Gasteiger partial charge is 0.393 e. The molecule has 1 aliphatic carbocycles. The molecule has 3 nitrogen and oxygen atoms in total. The summed E-state index contributed by atoms with van der Waals surface area (Å²) in [6.07, 6.45) is 3.17. The van der Waals surface area contributed by atoms with Gasteiger partial charge in [0.15, 0.2) is 0 Å². The van der Waals surface area contributed by atoms with Gasteiger partial charge in [-0.1, -0.05) is 6.58 Å². The standard InChI is InChI=1S/C10H17NO2/c1-7(2)10(13)11-8-3-5-9(12)6-4-8/h8-9,12H,1,3-6H2,2H3,(H,11,13). The number of hydrogen-bond donors (Lipinski definition) is 2. The van der Waals surface area contributed by atoms with Crippen LogP contribution in [0.3, 0.4) is 0 Å². The van der Waals surface area contributed by atoms with E-state index in [9.17, 15) is 9.90 Å². The van der Waals surface area contributed by atoms with Crippen LogP contribution in [0.4, 0.5) is 0 Å². The third kappa shape index (κ3) is 3.19. The molecule has 0 heterocycles. The predicted molar refractivity (Wildman–Crippen MR) is 51.2 cm³/mol. The van der Waals surface area contributed by atoms with Crippen LogP contribution in [-0.4, -0.2) is 23.2 Å². The van der Waals surface area contributed by atoms with Gasteiger partial charge >= 0.3 is 0 Å². The molecule has 3 heteroatoms. The number of hydrogen-bond acceptors (Lipinski definition) is 2. The molecule has 13 heavy (non-hydrogen) atoms. The highest BCUT2D eigenvalue weighted by molar-refractivity contribution is 5.92. The van der Waals surface area contributed by atoms with E-state index >= 15 is 0 Å². The van der Waals surface area contributed by atoms with Gasteiger partial charge in [0.25, 0.3) is 0 Å². The van der Waals surface area contributed by atoms with Gasteiger partial charge in [-0.3, -0.25) is 4.79 Å². The first-order valence-corrected chi connectivity index (χ1v) is 4.74. The summed E-state index contributed by atoms with van der Waals surface area (Å²) in [6.45, 7) is 5.28. The van der Waals surface area contributed by atoms with Gasteiger partial charge in [0.2, 0.25) is 5.91 Å². The molecule has 0 bridgehead atoms. The van der Waals surface area contributed by atoms with E-state index in [1.807, 2.05) is 0 Å². The van der Waals surface area contributed by atoms with Crippen molar-refractivity contribution in [1.82, 2.24) is 5.32 Å². The first kappa shape index (κ1) is 10.3. The summed E-state index contributed by atoms with van der Waals surface area (Å²) in [7, 11) is 0. The van der Waals surface area contributed by atoms with Gasteiger partial charge in [0, 0.05) is 11.6 Å². The van der Waals surface area contributed by atoms with Crippen LogP contribution in [0.5, 0.6) is 0 Å². The summed E-state index contributed by atoms with van der Waals surface area (Å²) in [5.41, 5.74) is 0.547. The Morgan fingerprint density at radius 3 is 2.38 bits per heavy atom. The molecular weight excluding hydrogens is 166 g/mol. The number of aliphatic hydroxyl groups excluding tert-OH is 1. The number of nitrogens with one attached hydrogen (secondary N) is 1. The second-order valence-electron chi connectivity index (χ2n) is 3.76. The normalized spacial score (nSPS) is 28.2. The van der Waals surface area contributed by atoms with E-state index in [1.165, 1.54) is 0 Å². The van der Waals surface area contributed by atoms with E-state index in [0.29, 0.717) is 5.57 Å². The zero-order valence-corrected chi connectivity index (χ0v) is 8.05. The third-order valence-electron chi connectivity index (χ3n) is 2.42. The molecule has 0 unspecified atom stereocenters. The zero-order valence-electron chi connectivity index (χ0n) is 8.05. The number of aliphatic hydroxyl groups is 1. The lowest BCUT2D eigenvalue weighted by Gasteiger charge is -2.26. The molecule has 1 fully saturated rings. The van der Waals surface area contributed by atoms with Crippen molar-refractivity contribution in [1.29, 1.82) is 0 Å². The van der Waals surface area contributed by atoms with Gasteiger partial charge in [-0.25, -0.2) is 0 Å². The fraction of sp³-hybridized carbons (Fsp3) is 0.700. The number of amides is 1. The molecule has 1 saturated carbocycles. The van der Waals surface area contributed by atoms with Gasteiger partial charge in [-0.2, -0.15) is 0 Å². The predicted octanol–water partition coefficient (Wildman–Crippen LogP) is 0.982. The quantitative estimate of drug-likeness (QED) is 0.627. The van der Waals surface area contributed by atoms with Gasteiger partial charge in [-0.15, -0.1) is 0 Å². The van der Waals surface area contributed by atoms with Crippen LogP contribution in [0.2, 0.25) is 0 Å². The van der Waals surface area contributed by atoms with Crippen LogP contribution < -0.4 is 5.32 Å². The first-order valence-electron chi connectivity index (χ1n) is 4.74. The minimum Gasteiger partial charge on any atom is -0.393 e. The van der Waals surface area contributed by atoms with Crippen molar-refractivity contribution in [2.24, 2.45) is 0 Å². The Morgan fingerprint density at radius 1 is 1.38 bits per heavy atom. The van der Waals surface area contributed by atoms with Crippen molar-refractivity contribution >= 4 is 5.91 Å². The monoisotopic (exact) mass is 183 g/mol. The maximum Gasteiger partial charge on any atom is 0.246 e. The van der Waals surface area contributed by atoms with Gasteiger partial charge in [0.1, 0.15) is 0 Å². The third-order valence-corrected chi connectivity index (χ3v) is 2.42. The number of rotatable bonds is 2. The Hall–Kier alpha value is -0.830. The summed E-state index contributed by atoms with van der Waals surface area (Å²) in [4.78, 5) is 11.2. The highest BCUT2D eigenvalue weighted by atomic mass is 16.3. The summed E-state index contributed by atoms with van der Waals surface area (Å²) in [5, 5.41) is 12.1. The van der Waals surface area contributed by atoms with E-state index in [4.69, 9.17) is 0 Å². The summed E-state index contributed by atoms with van der Waals surface area (Å²) >= 11 is 0. The fourth-order valence-corrected chi connectivity index (χ4v) is 1.53. The Balaban J connectivity index is 2.30. The topological polar surface area (TPSA) is 49.3 Å². The van der Waals surface area contributed by atoms with E-state index in [0.717, 1.165) is 25.7 Å². The second kappa shape index (κ2) is 4.42. The van der Waals surface area contributed by atoms with Crippen molar-refractivity contribution in [2.45, 2.75) is 44.8 Å². The highest BCUT2D eigenvalue weighted by Crippen LogP contribution is 2.18. The van der Waals surface area contributed by atoms with Crippen LogP contribution >= 0.6 is 0 Å². The Kier molecular flexibility index (Phi) is 3.48. The molecule has 74 valence electrons. The van der Waals surface area contributed by atoms with E-state index in [2.05, 4.69) is 11.9 Å². The van der Waals surface area contributed by atoms with Gasteiger partial charge in [-0.05, 0) is 32.6 Å². The Morgan fingerprint density at radius 2 is 1.92 bits per heavy atom. The first-order chi connectivity index (χ1) is 6.09. The van der Waals surface area contributed by atoms with Gasteiger partial charge in [0.05, 0.1) is 6.10 Å². The molecule has 0 saturated heterocycles. The maximum absolute atomic E-state index is 11.2. The van der Waals surface area contributed by atoms with Crippen molar-refractivity contribution in [3.8, 4) is 0 Å². The molecule has 0 spiro atoms. The highest BCUT2D eigenvalue weighted by Gasteiger charge is 2.20. The molecule has 1 rings (SSSR count). The number of carbonyl (C=O) groups is 1. The maximum atomic E-state index is 11.2. The van der Waals surface area contributed by atoms with Crippen molar-refractivity contribution < 1.29 is 9.90 Å². The van der Waals surface area contributed by atoms with Crippen molar-refractivity contribution in [3.05, 3.63) is 12.2 Å². The minimum atomic E-state index is -0.169. The number of carbonyl (C=O) groups excluding carboxylic acids is 1. The van der Waals surface area contributed by atoms with E-state index in [1.54, 1.807) is 6.92 Å². The van der Waals surface area contributed by atoms with Crippen LogP contribution in [-0.2, 0) is 4.79 Å². The Labute approximate surface area is 78.8 Å². The Bertz CT molecular complexity index is 205. The molecule has 1 aliphatic rings. The van der Waals surface area contributed by atoms with Crippen LogP contribution in [0.1, 0.15) is 32.6 Å². The summed E-state index contributed by atoms with van der Waals surface area (Å²) < 4.78 is 0. The van der Waals surface area contributed by atoms with E-state index < -0.39 is 0 Å². The molecule has 0 aromatic rings. The molecule has 0 atom stereocenters. The average Bonchev–Trinajstić information content (AvgIpc) is 2.08. The fourth-order valence-electron chi connectivity index (χ4n) is 1.53. The summed E-state index contributed by atoms with van der Waals surface area (Å²) in [5.74, 6) is -0.0682. The second-order valence-corrected chi connectivity index (χ2v) is 3.76. The average molecular weight is 183 g/mol. The van der Waals surface area contributed by atoms with Crippen LogP contribution in [0.25, 0.3) is 0 Å². The smallest absolute Gasteiger partial charge is 0.246 e. The van der Waals surface area contributed by atoms with Gasteiger partial charge < -0.3 is 10.4 Å². The molecule has 0 radical (unpaired) electrons.